The highest BCUT2D eigenvalue weighted by Gasteiger charge is 2.06. The maximum atomic E-state index is 12.4. The molecule has 0 amide bonds. The molecule has 0 atom stereocenters. The molecule has 0 heterocycles. The number of hydrogen-bond acceptors (Lipinski definition) is 7. The van der Waals surface area contributed by atoms with Gasteiger partial charge in [0, 0.05) is 12.5 Å². The summed E-state index contributed by atoms with van der Waals surface area (Å²) < 4.78 is 32.7. The predicted molar refractivity (Wildman–Crippen MR) is 152 cm³/mol. The van der Waals surface area contributed by atoms with Gasteiger partial charge in [-0.15, -0.1) is 0 Å². The Bertz CT molecular complexity index is 1260. The predicted octanol–water partition coefficient (Wildman–Crippen LogP) is 6.42. The Morgan fingerprint density at radius 1 is 0.707 bits per heavy atom. The second-order valence-electron chi connectivity index (χ2n) is 8.39. The van der Waals surface area contributed by atoms with Crippen molar-refractivity contribution >= 4 is 17.9 Å². The van der Waals surface area contributed by atoms with Gasteiger partial charge in [-0.2, -0.15) is 4.39 Å². The first-order valence-electron chi connectivity index (χ1n) is 12.9. The van der Waals surface area contributed by atoms with Crippen LogP contribution in [-0.2, 0) is 19.1 Å². The van der Waals surface area contributed by atoms with Crippen molar-refractivity contribution in [3.63, 3.8) is 0 Å². The van der Waals surface area contributed by atoms with Crippen LogP contribution in [0.5, 0.6) is 11.5 Å². The molecule has 0 aliphatic heterocycles. The Hall–Kier alpha value is -4.92. The van der Waals surface area contributed by atoms with Crippen molar-refractivity contribution in [3.05, 3.63) is 109 Å². The first kappa shape index (κ1) is 32.3. The van der Waals surface area contributed by atoms with E-state index in [0.29, 0.717) is 38.2 Å². The summed E-state index contributed by atoms with van der Waals surface area (Å²) in [5.41, 5.74) is 2.51. The van der Waals surface area contributed by atoms with Crippen LogP contribution in [-0.4, -0.2) is 49.4 Å². The van der Waals surface area contributed by atoms with Gasteiger partial charge in [0.2, 0.25) is 5.83 Å². The third-order valence-corrected chi connectivity index (χ3v) is 5.29. The fraction of sp³-hybridized carbons (Fsp3) is 0.219. The lowest BCUT2D eigenvalue weighted by atomic mass is 10.1. The first-order valence-corrected chi connectivity index (χ1v) is 12.9. The number of carboxylic acid groups (broad SMARTS) is 1. The molecule has 0 saturated carbocycles. The summed E-state index contributed by atoms with van der Waals surface area (Å²) in [5, 5.41) is 8.70. The molecular weight excluding hydrogens is 531 g/mol. The van der Waals surface area contributed by atoms with Crippen molar-refractivity contribution in [2.75, 3.05) is 26.4 Å². The summed E-state index contributed by atoms with van der Waals surface area (Å²) in [5.74, 6) is -2.13. The van der Waals surface area contributed by atoms with Gasteiger partial charge in [-0.05, 0) is 60.4 Å². The van der Waals surface area contributed by atoms with E-state index in [-0.39, 0.29) is 18.8 Å². The summed E-state index contributed by atoms with van der Waals surface area (Å²) in [7, 11) is 0. The van der Waals surface area contributed by atoms with Gasteiger partial charge in [-0.1, -0.05) is 55.6 Å². The second kappa shape index (κ2) is 18.4. The van der Waals surface area contributed by atoms with Crippen LogP contribution in [0, 0.1) is 0 Å². The van der Waals surface area contributed by atoms with Crippen molar-refractivity contribution in [1.29, 1.82) is 0 Å². The summed E-state index contributed by atoms with van der Waals surface area (Å²) in [6, 6.07) is 24.1. The number of benzene rings is 3. The Balaban J connectivity index is 0.000000296. The molecule has 1 N–H and O–H groups in total. The van der Waals surface area contributed by atoms with E-state index in [1.165, 1.54) is 12.1 Å². The Labute approximate surface area is 238 Å². The van der Waals surface area contributed by atoms with E-state index in [0.717, 1.165) is 23.0 Å². The van der Waals surface area contributed by atoms with Gasteiger partial charge in [0.25, 0.3) is 0 Å². The molecule has 41 heavy (non-hydrogen) atoms. The highest BCUT2D eigenvalue weighted by Crippen LogP contribution is 2.22. The highest BCUT2D eigenvalue weighted by atomic mass is 19.1. The normalized spacial score (nSPS) is 9.88. The van der Waals surface area contributed by atoms with Crippen LogP contribution in [0.3, 0.4) is 0 Å². The zero-order chi connectivity index (χ0) is 29.9. The van der Waals surface area contributed by atoms with E-state index < -0.39 is 23.7 Å². The number of hydrogen-bond donors (Lipinski definition) is 1. The lowest BCUT2D eigenvalue weighted by Crippen LogP contribution is -2.07. The SMILES string of the molecule is C=C(F)C(=O)OCCCCOc1ccc(-c2ccccc2)cc1.C=CC(=O)OCCCOc1ccc(C(=O)O)cc1. The van der Waals surface area contributed by atoms with E-state index in [9.17, 15) is 18.8 Å². The molecule has 3 rings (SSSR count). The molecule has 0 fully saturated rings. The molecular formula is C32H33FO8. The topological polar surface area (TPSA) is 108 Å². The summed E-state index contributed by atoms with van der Waals surface area (Å²) in [4.78, 5) is 32.1. The molecule has 0 spiro atoms. The summed E-state index contributed by atoms with van der Waals surface area (Å²) >= 11 is 0. The number of rotatable bonds is 15. The second-order valence-corrected chi connectivity index (χ2v) is 8.39. The lowest BCUT2D eigenvalue weighted by Gasteiger charge is -2.08. The fourth-order valence-electron chi connectivity index (χ4n) is 3.19. The molecule has 9 heteroatoms. The van der Waals surface area contributed by atoms with Crippen molar-refractivity contribution in [2.24, 2.45) is 0 Å². The number of carbonyl (C=O) groups excluding carboxylic acids is 2. The molecule has 0 aliphatic rings. The minimum Gasteiger partial charge on any atom is -0.494 e. The molecule has 0 bridgehead atoms. The zero-order valence-corrected chi connectivity index (χ0v) is 22.6. The van der Waals surface area contributed by atoms with E-state index in [1.54, 1.807) is 12.1 Å². The van der Waals surface area contributed by atoms with Crippen molar-refractivity contribution in [1.82, 2.24) is 0 Å². The van der Waals surface area contributed by atoms with Crippen LogP contribution in [0.15, 0.2) is 104 Å². The summed E-state index contributed by atoms with van der Waals surface area (Å²) in [6.07, 6.45) is 2.99. The van der Waals surface area contributed by atoms with Crippen molar-refractivity contribution in [3.8, 4) is 22.6 Å². The molecule has 8 nitrogen and oxygen atoms in total. The van der Waals surface area contributed by atoms with Gasteiger partial charge >= 0.3 is 17.9 Å². The molecule has 3 aromatic carbocycles. The average molecular weight is 565 g/mol. The van der Waals surface area contributed by atoms with Crippen LogP contribution < -0.4 is 9.47 Å². The van der Waals surface area contributed by atoms with Gasteiger partial charge in [-0.3, -0.25) is 0 Å². The van der Waals surface area contributed by atoms with Crippen LogP contribution in [0.2, 0.25) is 0 Å². The number of halogens is 1. The largest absolute Gasteiger partial charge is 0.494 e. The van der Waals surface area contributed by atoms with E-state index in [1.807, 2.05) is 42.5 Å². The Morgan fingerprint density at radius 3 is 1.78 bits per heavy atom. The van der Waals surface area contributed by atoms with Crippen LogP contribution >= 0.6 is 0 Å². The monoisotopic (exact) mass is 564 g/mol. The summed E-state index contributed by atoms with van der Waals surface area (Å²) in [6.45, 7) is 7.47. The van der Waals surface area contributed by atoms with E-state index >= 15 is 0 Å². The molecule has 216 valence electrons. The standard InChI is InChI=1S/C19H19FO3.C13H14O5/c1-15(20)19(21)23-14-6-5-13-22-18-11-9-17(10-12-18)16-7-3-2-4-8-16;1-2-12(14)18-9-3-8-17-11-6-4-10(5-7-11)13(15)16/h2-4,7-12H,1,5-6,13-14H2;2,4-7H,1,3,8-9H2,(H,15,16). The number of aromatic carboxylic acids is 1. The number of carbonyl (C=O) groups is 3. The van der Waals surface area contributed by atoms with Gasteiger partial charge in [0.05, 0.1) is 32.0 Å². The average Bonchev–Trinajstić information content (AvgIpc) is 2.99. The molecule has 0 unspecified atom stereocenters. The molecule has 3 aromatic rings. The highest BCUT2D eigenvalue weighted by molar-refractivity contribution is 5.87. The lowest BCUT2D eigenvalue weighted by molar-refractivity contribution is -0.141. The maximum Gasteiger partial charge on any atom is 0.366 e. The zero-order valence-electron chi connectivity index (χ0n) is 22.6. The van der Waals surface area contributed by atoms with Gasteiger partial charge < -0.3 is 24.1 Å². The number of unbranched alkanes of at least 4 members (excludes halogenated alkanes) is 1. The maximum absolute atomic E-state index is 12.4. The Morgan fingerprint density at radius 2 is 1.22 bits per heavy atom. The molecule has 0 saturated heterocycles. The smallest absolute Gasteiger partial charge is 0.366 e. The number of esters is 2. The van der Waals surface area contributed by atoms with Gasteiger partial charge in [0.1, 0.15) is 11.5 Å². The van der Waals surface area contributed by atoms with Crippen molar-refractivity contribution < 1.29 is 42.8 Å². The first-order chi connectivity index (χ1) is 19.8. The number of ether oxygens (including phenoxy) is 4. The fourth-order valence-corrected chi connectivity index (χ4v) is 3.19. The van der Waals surface area contributed by atoms with Crippen molar-refractivity contribution in [2.45, 2.75) is 19.3 Å². The van der Waals surface area contributed by atoms with E-state index in [2.05, 4.69) is 30.0 Å². The third kappa shape index (κ3) is 13.1. The minimum absolute atomic E-state index is 0.165. The van der Waals surface area contributed by atoms with E-state index in [4.69, 9.17) is 19.3 Å². The molecule has 0 aromatic heterocycles. The third-order valence-electron chi connectivity index (χ3n) is 5.29. The Kier molecular flexibility index (Phi) is 14.5. The molecule has 0 aliphatic carbocycles. The van der Waals surface area contributed by atoms with Crippen LogP contribution in [0.4, 0.5) is 4.39 Å². The van der Waals surface area contributed by atoms with Gasteiger partial charge in [0.15, 0.2) is 0 Å². The number of carboxylic acids is 1. The minimum atomic E-state index is -1.07. The van der Waals surface area contributed by atoms with Crippen LogP contribution in [0.25, 0.3) is 11.1 Å². The molecule has 0 radical (unpaired) electrons. The van der Waals surface area contributed by atoms with Gasteiger partial charge in [-0.25, -0.2) is 14.4 Å². The quantitative estimate of drug-likeness (QED) is 0.128. The van der Waals surface area contributed by atoms with Crippen LogP contribution in [0.1, 0.15) is 29.6 Å².